The van der Waals surface area contributed by atoms with Gasteiger partial charge in [0.2, 0.25) is 0 Å². The van der Waals surface area contributed by atoms with Crippen LogP contribution in [0.15, 0.2) is 0 Å². The summed E-state index contributed by atoms with van der Waals surface area (Å²) in [6, 6.07) is 0. The van der Waals surface area contributed by atoms with Gasteiger partial charge in [0.15, 0.2) is 0 Å². The van der Waals surface area contributed by atoms with Crippen LogP contribution in [-0.2, 0) is 9.59 Å². The SMILES string of the molecule is CC(=O)C[C@@H]1CCC[C@H]1C=O. The van der Waals surface area contributed by atoms with Crippen LogP contribution in [0.3, 0.4) is 0 Å². The van der Waals surface area contributed by atoms with Crippen LogP contribution in [0.5, 0.6) is 0 Å². The molecule has 0 aliphatic heterocycles. The lowest BCUT2D eigenvalue weighted by molar-refractivity contribution is -0.118. The van der Waals surface area contributed by atoms with E-state index in [0.29, 0.717) is 12.3 Å². The zero-order valence-electron chi connectivity index (χ0n) is 6.88. The van der Waals surface area contributed by atoms with Gasteiger partial charge >= 0.3 is 0 Å². The first-order chi connectivity index (χ1) is 5.24. The van der Waals surface area contributed by atoms with E-state index in [1.165, 1.54) is 0 Å². The Kier molecular flexibility index (Phi) is 2.80. The summed E-state index contributed by atoms with van der Waals surface area (Å²) in [7, 11) is 0. The fourth-order valence-electron chi connectivity index (χ4n) is 1.87. The number of carbonyl (C=O) groups excluding carboxylic acids is 2. The van der Waals surface area contributed by atoms with Gasteiger partial charge in [-0.15, -0.1) is 0 Å². The molecule has 0 spiro atoms. The molecule has 1 fully saturated rings. The van der Waals surface area contributed by atoms with Gasteiger partial charge in [0.05, 0.1) is 0 Å². The molecular weight excluding hydrogens is 140 g/mol. The second-order valence-corrected chi connectivity index (χ2v) is 3.40. The van der Waals surface area contributed by atoms with Gasteiger partial charge in [-0.05, 0) is 25.7 Å². The van der Waals surface area contributed by atoms with E-state index in [0.717, 1.165) is 25.5 Å². The predicted octanol–water partition coefficient (Wildman–Crippen LogP) is 1.58. The lowest BCUT2D eigenvalue weighted by Crippen LogP contribution is -2.12. The van der Waals surface area contributed by atoms with Crippen LogP contribution >= 0.6 is 0 Å². The number of ketones is 1. The zero-order chi connectivity index (χ0) is 8.27. The highest BCUT2D eigenvalue weighted by Crippen LogP contribution is 2.32. The molecule has 0 heterocycles. The molecule has 0 unspecified atom stereocenters. The predicted molar refractivity (Wildman–Crippen MR) is 42.2 cm³/mol. The van der Waals surface area contributed by atoms with E-state index >= 15 is 0 Å². The number of hydrogen-bond donors (Lipinski definition) is 0. The Bertz CT molecular complexity index is 163. The summed E-state index contributed by atoms with van der Waals surface area (Å²) in [5.74, 6) is 0.729. The van der Waals surface area contributed by atoms with E-state index in [1.807, 2.05) is 0 Å². The average Bonchev–Trinajstić information content (AvgIpc) is 2.34. The summed E-state index contributed by atoms with van der Waals surface area (Å²) in [6.07, 6.45) is 4.77. The molecule has 0 aromatic carbocycles. The van der Waals surface area contributed by atoms with Gasteiger partial charge in [0.1, 0.15) is 12.1 Å². The monoisotopic (exact) mass is 154 g/mol. The van der Waals surface area contributed by atoms with E-state index in [1.54, 1.807) is 6.92 Å². The van der Waals surface area contributed by atoms with E-state index in [9.17, 15) is 9.59 Å². The van der Waals surface area contributed by atoms with Gasteiger partial charge in [-0.25, -0.2) is 0 Å². The quantitative estimate of drug-likeness (QED) is 0.578. The van der Waals surface area contributed by atoms with Gasteiger partial charge in [0, 0.05) is 12.3 Å². The van der Waals surface area contributed by atoms with Gasteiger partial charge in [-0.2, -0.15) is 0 Å². The minimum atomic E-state index is 0.166. The third kappa shape index (κ3) is 2.14. The molecule has 0 aromatic rings. The van der Waals surface area contributed by atoms with Crippen molar-refractivity contribution < 1.29 is 9.59 Å². The minimum Gasteiger partial charge on any atom is -0.303 e. The molecule has 1 saturated carbocycles. The molecule has 11 heavy (non-hydrogen) atoms. The summed E-state index contributed by atoms with van der Waals surface area (Å²) < 4.78 is 0. The van der Waals surface area contributed by atoms with Crippen LogP contribution < -0.4 is 0 Å². The molecule has 1 aliphatic rings. The molecule has 2 heteroatoms. The molecule has 0 bridgehead atoms. The van der Waals surface area contributed by atoms with Crippen molar-refractivity contribution in [1.82, 2.24) is 0 Å². The third-order valence-electron chi connectivity index (χ3n) is 2.44. The number of carbonyl (C=O) groups is 2. The van der Waals surface area contributed by atoms with E-state index in [2.05, 4.69) is 0 Å². The fourth-order valence-corrected chi connectivity index (χ4v) is 1.87. The highest BCUT2D eigenvalue weighted by Gasteiger charge is 2.27. The molecule has 0 aromatic heterocycles. The maximum atomic E-state index is 10.7. The Morgan fingerprint density at radius 1 is 1.55 bits per heavy atom. The van der Waals surface area contributed by atoms with Crippen LogP contribution in [0.25, 0.3) is 0 Å². The first kappa shape index (κ1) is 8.44. The molecule has 1 rings (SSSR count). The first-order valence-electron chi connectivity index (χ1n) is 4.18. The summed E-state index contributed by atoms with van der Waals surface area (Å²) in [6.45, 7) is 1.60. The van der Waals surface area contributed by atoms with Crippen LogP contribution in [0.1, 0.15) is 32.6 Å². The summed E-state index contributed by atoms with van der Waals surface area (Å²) >= 11 is 0. The second kappa shape index (κ2) is 3.65. The lowest BCUT2D eigenvalue weighted by atomic mass is 9.93. The molecule has 2 nitrogen and oxygen atoms in total. The van der Waals surface area contributed by atoms with E-state index in [-0.39, 0.29) is 11.7 Å². The van der Waals surface area contributed by atoms with Gasteiger partial charge in [-0.1, -0.05) is 6.42 Å². The minimum absolute atomic E-state index is 0.166. The van der Waals surface area contributed by atoms with Crippen molar-refractivity contribution in [3.8, 4) is 0 Å². The average molecular weight is 154 g/mol. The maximum absolute atomic E-state index is 10.7. The van der Waals surface area contributed by atoms with Crippen molar-refractivity contribution in [2.45, 2.75) is 32.6 Å². The normalized spacial score (nSPS) is 30.3. The van der Waals surface area contributed by atoms with Crippen molar-refractivity contribution in [2.75, 3.05) is 0 Å². The molecule has 2 atom stereocenters. The summed E-state index contributed by atoms with van der Waals surface area (Å²) in [5.41, 5.74) is 0. The van der Waals surface area contributed by atoms with Crippen LogP contribution in [0.4, 0.5) is 0 Å². The lowest BCUT2D eigenvalue weighted by Gasteiger charge is -2.10. The largest absolute Gasteiger partial charge is 0.303 e. The summed E-state index contributed by atoms with van der Waals surface area (Å²) in [5, 5.41) is 0. The molecular formula is C9H14O2. The second-order valence-electron chi connectivity index (χ2n) is 3.40. The highest BCUT2D eigenvalue weighted by molar-refractivity contribution is 5.76. The highest BCUT2D eigenvalue weighted by atomic mass is 16.1. The maximum Gasteiger partial charge on any atom is 0.130 e. The van der Waals surface area contributed by atoms with E-state index in [4.69, 9.17) is 0 Å². The number of aldehydes is 1. The van der Waals surface area contributed by atoms with E-state index < -0.39 is 0 Å². The molecule has 0 saturated heterocycles. The number of Topliss-reactive ketones (excluding diaryl/α,β-unsaturated/α-hetero) is 1. The zero-order valence-corrected chi connectivity index (χ0v) is 6.88. The molecule has 62 valence electrons. The summed E-state index contributed by atoms with van der Waals surface area (Å²) in [4.78, 5) is 21.2. The third-order valence-corrected chi connectivity index (χ3v) is 2.44. The Labute approximate surface area is 67.0 Å². The van der Waals surface area contributed by atoms with Crippen molar-refractivity contribution in [2.24, 2.45) is 11.8 Å². The van der Waals surface area contributed by atoms with Crippen molar-refractivity contribution in [3.63, 3.8) is 0 Å². The van der Waals surface area contributed by atoms with Crippen LogP contribution in [-0.4, -0.2) is 12.1 Å². The fraction of sp³-hybridized carbons (Fsp3) is 0.778. The molecule has 0 radical (unpaired) electrons. The van der Waals surface area contributed by atoms with Crippen molar-refractivity contribution >= 4 is 12.1 Å². The van der Waals surface area contributed by atoms with Crippen molar-refractivity contribution in [1.29, 1.82) is 0 Å². The molecule has 0 N–H and O–H groups in total. The number of rotatable bonds is 3. The Morgan fingerprint density at radius 2 is 2.27 bits per heavy atom. The van der Waals surface area contributed by atoms with Gasteiger partial charge in [0.25, 0.3) is 0 Å². The van der Waals surface area contributed by atoms with Crippen molar-refractivity contribution in [3.05, 3.63) is 0 Å². The first-order valence-corrected chi connectivity index (χ1v) is 4.18. The smallest absolute Gasteiger partial charge is 0.130 e. The Morgan fingerprint density at radius 3 is 2.82 bits per heavy atom. The molecule has 0 amide bonds. The number of hydrogen-bond acceptors (Lipinski definition) is 2. The van der Waals surface area contributed by atoms with Gasteiger partial charge < -0.3 is 9.59 Å². The Hall–Kier alpha value is -0.660. The Balaban J connectivity index is 2.43. The topological polar surface area (TPSA) is 34.1 Å². The standard InChI is InChI=1S/C9H14O2/c1-7(11)5-8-3-2-4-9(8)6-10/h6,8-9H,2-5H2,1H3/t8-,9-/m0/s1. The van der Waals surface area contributed by atoms with Crippen LogP contribution in [0, 0.1) is 11.8 Å². The van der Waals surface area contributed by atoms with Gasteiger partial charge in [-0.3, -0.25) is 0 Å². The van der Waals surface area contributed by atoms with Crippen LogP contribution in [0.2, 0.25) is 0 Å². The molecule has 1 aliphatic carbocycles.